The van der Waals surface area contributed by atoms with Crippen LogP contribution in [0.3, 0.4) is 0 Å². The molecule has 1 atom stereocenters. The van der Waals surface area contributed by atoms with Crippen molar-refractivity contribution in [2.45, 2.75) is 6.04 Å². The summed E-state index contributed by atoms with van der Waals surface area (Å²) in [5.41, 5.74) is 2.28. The molecule has 0 fully saturated rings. The molecule has 0 bridgehead atoms. The van der Waals surface area contributed by atoms with Crippen molar-refractivity contribution < 1.29 is 9.53 Å². The smallest absolute Gasteiger partial charge is 0.319 e. The molecule has 0 aliphatic rings. The summed E-state index contributed by atoms with van der Waals surface area (Å²) in [4.78, 5) is 14.5. The molecule has 2 amide bonds. The zero-order valence-corrected chi connectivity index (χ0v) is 16.0. The SMILES string of the molecule is COc1ccccc1C(CNC(=O)Nc1ccccc1-n1cnnn1)N(C)C. The van der Waals surface area contributed by atoms with Gasteiger partial charge in [0, 0.05) is 12.1 Å². The number of anilines is 1. The van der Waals surface area contributed by atoms with Crippen molar-refractivity contribution >= 4 is 11.7 Å². The lowest BCUT2D eigenvalue weighted by Crippen LogP contribution is -2.37. The summed E-state index contributed by atoms with van der Waals surface area (Å²) in [5, 5.41) is 16.9. The molecule has 2 N–H and O–H groups in total. The Morgan fingerprint density at radius 1 is 1.18 bits per heavy atom. The van der Waals surface area contributed by atoms with Gasteiger partial charge in [-0.1, -0.05) is 30.3 Å². The number of amides is 2. The lowest BCUT2D eigenvalue weighted by Gasteiger charge is -2.26. The third-order valence-electron chi connectivity index (χ3n) is 4.33. The number of tetrazole rings is 1. The van der Waals surface area contributed by atoms with E-state index in [-0.39, 0.29) is 12.1 Å². The molecule has 28 heavy (non-hydrogen) atoms. The van der Waals surface area contributed by atoms with Gasteiger partial charge in [-0.2, -0.15) is 4.68 Å². The Morgan fingerprint density at radius 3 is 2.64 bits per heavy atom. The maximum atomic E-state index is 12.5. The molecule has 0 spiro atoms. The molecule has 3 aromatic rings. The summed E-state index contributed by atoms with van der Waals surface area (Å²) in [6, 6.07) is 14.7. The van der Waals surface area contributed by atoms with Gasteiger partial charge in [-0.25, -0.2) is 4.79 Å². The first kappa shape index (κ1) is 19.3. The molecule has 9 nitrogen and oxygen atoms in total. The molecule has 0 saturated carbocycles. The van der Waals surface area contributed by atoms with Gasteiger partial charge in [-0.3, -0.25) is 0 Å². The van der Waals surface area contributed by atoms with Crippen LogP contribution in [0.5, 0.6) is 5.75 Å². The molecule has 0 aliphatic heterocycles. The second-order valence-corrected chi connectivity index (χ2v) is 6.33. The van der Waals surface area contributed by atoms with E-state index < -0.39 is 0 Å². The molecular weight excluding hydrogens is 358 g/mol. The zero-order valence-electron chi connectivity index (χ0n) is 16.0. The third-order valence-corrected chi connectivity index (χ3v) is 4.33. The fraction of sp³-hybridized carbons (Fsp3) is 0.263. The fourth-order valence-corrected chi connectivity index (χ4v) is 2.92. The Balaban J connectivity index is 1.70. The van der Waals surface area contributed by atoms with Gasteiger partial charge >= 0.3 is 6.03 Å². The van der Waals surface area contributed by atoms with Crippen LogP contribution < -0.4 is 15.4 Å². The molecule has 3 rings (SSSR count). The van der Waals surface area contributed by atoms with E-state index in [2.05, 4.69) is 26.2 Å². The normalized spacial score (nSPS) is 11.9. The number of likely N-dealkylation sites (N-methyl/N-ethyl adjacent to an activating group) is 1. The van der Waals surface area contributed by atoms with Gasteiger partial charge in [0.05, 0.1) is 24.5 Å². The van der Waals surface area contributed by atoms with Crippen molar-refractivity contribution in [3.63, 3.8) is 0 Å². The Morgan fingerprint density at radius 2 is 1.93 bits per heavy atom. The Kier molecular flexibility index (Phi) is 6.18. The minimum absolute atomic E-state index is 0.0448. The molecule has 1 aromatic heterocycles. The molecule has 0 radical (unpaired) electrons. The number of carbonyl (C=O) groups excluding carboxylic acids is 1. The van der Waals surface area contributed by atoms with Gasteiger partial charge < -0.3 is 20.3 Å². The quantitative estimate of drug-likeness (QED) is 0.650. The molecule has 2 aromatic carbocycles. The van der Waals surface area contributed by atoms with Crippen LogP contribution >= 0.6 is 0 Å². The maximum absolute atomic E-state index is 12.5. The fourth-order valence-electron chi connectivity index (χ4n) is 2.92. The van der Waals surface area contributed by atoms with Crippen LogP contribution in [0.2, 0.25) is 0 Å². The van der Waals surface area contributed by atoms with Gasteiger partial charge in [0.15, 0.2) is 0 Å². The van der Waals surface area contributed by atoms with Crippen molar-refractivity contribution in [1.29, 1.82) is 0 Å². The monoisotopic (exact) mass is 381 g/mol. The summed E-state index contributed by atoms with van der Waals surface area (Å²) in [7, 11) is 5.56. The number of hydrogen-bond acceptors (Lipinski definition) is 6. The standard InChI is InChI=1S/C19H23N7O2/c1-25(2)17(14-8-4-7-11-18(14)28-3)12-20-19(27)22-15-9-5-6-10-16(15)26-13-21-23-24-26/h4-11,13,17H,12H2,1-3H3,(H2,20,22,27). The van der Waals surface area contributed by atoms with Crippen LogP contribution in [0, 0.1) is 0 Å². The van der Waals surface area contributed by atoms with Crippen LogP contribution in [0.4, 0.5) is 10.5 Å². The zero-order chi connectivity index (χ0) is 19.9. The van der Waals surface area contributed by atoms with E-state index in [1.54, 1.807) is 13.2 Å². The summed E-state index contributed by atoms with van der Waals surface area (Å²) in [5.74, 6) is 0.785. The third kappa shape index (κ3) is 4.44. The van der Waals surface area contributed by atoms with E-state index in [0.29, 0.717) is 17.9 Å². The average Bonchev–Trinajstić information content (AvgIpc) is 3.23. The van der Waals surface area contributed by atoms with Gasteiger partial charge in [0.25, 0.3) is 0 Å². The molecule has 0 aliphatic carbocycles. The van der Waals surface area contributed by atoms with Crippen molar-refractivity contribution in [1.82, 2.24) is 30.4 Å². The van der Waals surface area contributed by atoms with E-state index >= 15 is 0 Å². The summed E-state index contributed by atoms with van der Waals surface area (Å²) in [6.45, 7) is 0.409. The Hall–Kier alpha value is -3.46. The first-order valence-electron chi connectivity index (χ1n) is 8.76. The van der Waals surface area contributed by atoms with Crippen molar-refractivity contribution in [3.05, 3.63) is 60.4 Å². The lowest BCUT2D eigenvalue weighted by molar-refractivity contribution is 0.242. The lowest BCUT2D eigenvalue weighted by atomic mass is 10.0. The minimum atomic E-state index is -0.317. The minimum Gasteiger partial charge on any atom is -0.496 e. The largest absolute Gasteiger partial charge is 0.496 e. The van der Waals surface area contributed by atoms with Crippen molar-refractivity contribution in [3.8, 4) is 11.4 Å². The van der Waals surface area contributed by atoms with E-state index in [0.717, 1.165) is 11.3 Å². The van der Waals surface area contributed by atoms with Crippen molar-refractivity contribution in [2.24, 2.45) is 0 Å². The highest BCUT2D eigenvalue weighted by molar-refractivity contribution is 5.91. The summed E-state index contributed by atoms with van der Waals surface area (Å²) in [6.07, 6.45) is 1.47. The number of benzene rings is 2. The van der Waals surface area contributed by atoms with E-state index in [9.17, 15) is 4.79 Å². The Bertz CT molecular complexity index is 912. The van der Waals surface area contributed by atoms with E-state index in [1.165, 1.54) is 11.0 Å². The second kappa shape index (κ2) is 8.96. The molecule has 146 valence electrons. The summed E-state index contributed by atoms with van der Waals surface area (Å²) < 4.78 is 6.95. The number of hydrogen-bond donors (Lipinski definition) is 2. The van der Waals surface area contributed by atoms with Crippen LogP contribution in [0.1, 0.15) is 11.6 Å². The van der Waals surface area contributed by atoms with Gasteiger partial charge in [0.2, 0.25) is 0 Å². The number of nitrogens with zero attached hydrogens (tertiary/aromatic N) is 5. The van der Waals surface area contributed by atoms with Crippen molar-refractivity contribution in [2.75, 3.05) is 33.1 Å². The molecular formula is C19H23N7O2. The molecule has 0 saturated heterocycles. The highest BCUT2D eigenvalue weighted by atomic mass is 16.5. The number of urea groups is 1. The highest BCUT2D eigenvalue weighted by Gasteiger charge is 2.19. The predicted octanol–water partition coefficient (Wildman–Crippen LogP) is 2.10. The second-order valence-electron chi connectivity index (χ2n) is 6.33. The average molecular weight is 381 g/mol. The number of ether oxygens (including phenoxy) is 1. The van der Waals surface area contributed by atoms with Gasteiger partial charge in [-0.05, 0) is 42.7 Å². The number of methoxy groups -OCH3 is 1. The van der Waals surface area contributed by atoms with Crippen LogP contribution in [0.25, 0.3) is 5.69 Å². The number of nitrogens with one attached hydrogen (secondary N) is 2. The first-order valence-corrected chi connectivity index (χ1v) is 8.76. The maximum Gasteiger partial charge on any atom is 0.319 e. The first-order chi connectivity index (χ1) is 13.6. The molecule has 1 heterocycles. The number of rotatable bonds is 7. The number of aromatic nitrogens is 4. The molecule has 1 unspecified atom stereocenters. The Labute approximate surface area is 163 Å². The highest BCUT2D eigenvalue weighted by Crippen LogP contribution is 2.27. The van der Waals surface area contributed by atoms with Crippen LogP contribution in [-0.4, -0.2) is 58.9 Å². The number of para-hydroxylation sites is 3. The van der Waals surface area contributed by atoms with E-state index in [1.807, 2.05) is 61.5 Å². The van der Waals surface area contributed by atoms with Crippen LogP contribution in [0.15, 0.2) is 54.9 Å². The summed E-state index contributed by atoms with van der Waals surface area (Å²) >= 11 is 0. The predicted molar refractivity (Wildman–Crippen MR) is 106 cm³/mol. The van der Waals surface area contributed by atoms with Gasteiger partial charge in [-0.15, -0.1) is 5.10 Å². The topological polar surface area (TPSA) is 97.2 Å². The number of carbonyl (C=O) groups is 1. The van der Waals surface area contributed by atoms with E-state index in [4.69, 9.17) is 4.74 Å². The molecule has 9 heteroatoms. The van der Waals surface area contributed by atoms with Crippen LogP contribution in [-0.2, 0) is 0 Å². The van der Waals surface area contributed by atoms with Gasteiger partial charge in [0.1, 0.15) is 12.1 Å².